The van der Waals surface area contributed by atoms with E-state index in [-0.39, 0.29) is 0 Å². The second kappa shape index (κ2) is 5.37. The maximum absolute atomic E-state index is 5.91. The Labute approximate surface area is 137 Å². The smallest absolute Gasteiger partial charge is 0.113 e. The molecule has 4 nitrogen and oxygen atoms in total. The van der Waals surface area contributed by atoms with E-state index in [2.05, 4.69) is 20.9 Å². The van der Waals surface area contributed by atoms with Crippen LogP contribution in [0.3, 0.4) is 0 Å². The molecule has 0 unspecified atom stereocenters. The van der Waals surface area contributed by atoms with Gasteiger partial charge in [0.1, 0.15) is 11.0 Å². The molecule has 0 bridgehead atoms. The predicted molar refractivity (Wildman–Crippen MR) is 97.1 cm³/mol. The zero-order valence-electron chi connectivity index (χ0n) is 12.2. The minimum atomic E-state index is 0.735. The Balaban J connectivity index is 1.95. The molecule has 0 saturated carbocycles. The van der Waals surface area contributed by atoms with Crippen molar-refractivity contribution >= 4 is 34.1 Å². The first kappa shape index (κ1) is 13.7. The Morgan fingerprint density at radius 3 is 1.57 bits per heavy atom. The van der Waals surface area contributed by atoms with Crippen LogP contribution in [-0.2, 0) is 0 Å². The van der Waals surface area contributed by atoms with Crippen LogP contribution in [0.2, 0.25) is 0 Å². The predicted octanol–water partition coefficient (Wildman–Crippen LogP) is 4.19. The average molecular weight is 318 g/mol. The maximum Gasteiger partial charge on any atom is 0.113 e. The van der Waals surface area contributed by atoms with Crippen LogP contribution >= 0.6 is 11.7 Å². The number of hydrogen-bond donors (Lipinski definition) is 2. The first-order valence-electron chi connectivity index (χ1n) is 7.19. The normalized spacial score (nSPS) is 11.0. The molecule has 0 amide bonds. The largest absolute Gasteiger partial charge is 0.399 e. The van der Waals surface area contributed by atoms with Crippen molar-refractivity contribution < 1.29 is 0 Å². The Bertz CT molecular complexity index is 927. The van der Waals surface area contributed by atoms with Gasteiger partial charge < -0.3 is 11.5 Å². The summed E-state index contributed by atoms with van der Waals surface area (Å²) in [5.41, 5.74) is 19.2. The third-order valence-electron chi connectivity index (χ3n) is 3.81. The van der Waals surface area contributed by atoms with E-state index in [0.717, 1.165) is 44.7 Å². The molecule has 1 heterocycles. The Morgan fingerprint density at radius 2 is 1.13 bits per heavy atom. The van der Waals surface area contributed by atoms with E-state index in [0.29, 0.717) is 0 Å². The number of aromatic nitrogens is 2. The van der Waals surface area contributed by atoms with E-state index in [4.69, 9.17) is 11.5 Å². The van der Waals surface area contributed by atoms with E-state index in [1.807, 2.05) is 48.5 Å². The minimum Gasteiger partial charge on any atom is -0.399 e. The topological polar surface area (TPSA) is 77.8 Å². The van der Waals surface area contributed by atoms with Crippen molar-refractivity contribution in [2.45, 2.75) is 0 Å². The lowest BCUT2D eigenvalue weighted by Gasteiger charge is -2.08. The molecule has 0 saturated heterocycles. The van der Waals surface area contributed by atoms with Gasteiger partial charge in [-0.25, -0.2) is 0 Å². The fraction of sp³-hybridized carbons (Fsp3) is 0. The van der Waals surface area contributed by atoms with Crippen LogP contribution < -0.4 is 11.5 Å². The third-order valence-corrected chi connectivity index (χ3v) is 4.34. The number of fused-ring (bicyclic) bond motifs is 1. The molecular weight excluding hydrogens is 304 g/mol. The summed E-state index contributed by atoms with van der Waals surface area (Å²) in [5, 5.41) is 0. The highest BCUT2D eigenvalue weighted by molar-refractivity contribution is 7.00. The van der Waals surface area contributed by atoms with E-state index in [1.165, 1.54) is 11.7 Å². The van der Waals surface area contributed by atoms with E-state index < -0.39 is 0 Å². The van der Waals surface area contributed by atoms with Gasteiger partial charge in [0.2, 0.25) is 0 Å². The number of benzene rings is 3. The van der Waals surface area contributed by atoms with E-state index in [9.17, 15) is 0 Å². The molecule has 0 aliphatic rings. The standard InChI is InChI=1S/C18H14N4S/c19-13-5-1-3-11(9-13)15-7-8-16(18-17(15)21-23-22-18)12-4-2-6-14(20)10-12/h1-10H,19-20H2. The van der Waals surface area contributed by atoms with Gasteiger partial charge in [0, 0.05) is 22.5 Å². The van der Waals surface area contributed by atoms with Crippen molar-refractivity contribution in [2.75, 3.05) is 11.5 Å². The second-order valence-corrected chi connectivity index (χ2v) is 5.90. The lowest BCUT2D eigenvalue weighted by molar-refractivity contribution is 1.57. The molecule has 0 atom stereocenters. The number of nitrogens with two attached hydrogens (primary N) is 2. The van der Waals surface area contributed by atoms with Crippen molar-refractivity contribution in [1.29, 1.82) is 0 Å². The van der Waals surface area contributed by atoms with Gasteiger partial charge in [0.05, 0.1) is 11.7 Å². The lowest BCUT2D eigenvalue weighted by atomic mass is 9.97. The first-order chi connectivity index (χ1) is 11.2. The summed E-state index contributed by atoms with van der Waals surface area (Å²) in [6.07, 6.45) is 0. The maximum atomic E-state index is 5.91. The van der Waals surface area contributed by atoms with Gasteiger partial charge in [0.25, 0.3) is 0 Å². The highest BCUT2D eigenvalue weighted by Crippen LogP contribution is 2.35. The van der Waals surface area contributed by atoms with Gasteiger partial charge >= 0.3 is 0 Å². The Kier molecular flexibility index (Phi) is 3.20. The summed E-state index contributed by atoms with van der Waals surface area (Å²) in [6.45, 7) is 0. The van der Waals surface area contributed by atoms with Crippen molar-refractivity contribution in [1.82, 2.24) is 8.75 Å². The number of nitrogens with zero attached hydrogens (tertiary/aromatic N) is 2. The fourth-order valence-electron chi connectivity index (χ4n) is 2.74. The summed E-state index contributed by atoms with van der Waals surface area (Å²) in [6, 6.07) is 19.7. The molecule has 0 aliphatic carbocycles. The molecule has 0 fully saturated rings. The molecule has 1 aromatic heterocycles. The highest BCUT2D eigenvalue weighted by atomic mass is 32.1. The number of hydrogen-bond acceptors (Lipinski definition) is 5. The third kappa shape index (κ3) is 2.41. The molecule has 4 N–H and O–H groups in total. The van der Waals surface area contributed by atoms with Crippen LogP contribution in [0.4, 0.5) is 11.4 Å². The quantitative estimate of drug-likeness (QED) is 0.543. The molecule has 112 valence electrons. The summed E-state index contributed by atoms with van der Waals surface area (Å²) in [4.78, 5) is 0. The summed E-state index contributed by atoms with van der Waals surface area (Å²) < 4.78 is 8.98. The zero-order valence-corrected chi connectivity index (χ0v) is 13.0. The first-order valence-corrected chi connectivity index (χ1v) is 7.92. The van der Waals surface area contributed by atoms with Gasteiger partial charge in [-0.15, -0.1) is 0 Å². The molecule has 0 aliphatic heterocycles. The molecule has 5 heteroatoms. The highest BCUT2D eigenvalue weighted by Gasteiger charge is 2.13. The van der Waals surface area contributed by atoms with Crippen LogP contribution in [-0.4, -0.2) is 8.75 Å². The summed E-state index contributed by atoms with van der Waals surface area (Å²) in [7, 11) is 0. The van der Waals surface area contributed by atoms with Crippen LogP contribution in [0.15, 0.2) is 60.7 Å². The molecule has 0 radical (unpaired) electrons. The summed E-state index contributed by atoms with van der Waals surface area (Å²) >= 11 is 1.22. The minimum absolute atomic E-state index is 0.735. The van der Waals surface area contributed by atoms with Crippen molar-refractivity contribution in [3.63, 3.8) is 0 Å². The lowest BCUT2D eigenvalue weighted by Crippen LogP contribution is -1.89. The Hall–Kier alpha value is -2.92. The number of rotatable bonds is 2. The summed E-state index contributed by atoms with van der Waals surface area (Å²) in [5.74, 6) is 0. The van der Waals surface area contributed by atoms with Gasteiger partial charge in [-0.2, -0.15) is 8.75 Å². The van der Waals surface area contributed by atoms with E-state index in [1.54, 1.807) is 0 Å². The fourth-order valence-corrected chi connectivity index (χ4v) is 3.32. The van der Waals surface area contributed by atoms with Gasteiger partial charge in [0.15, 0.2) is 0 Å². The number of nitrogen functional groups attached to an aromatic ring is 2. The van der Waals surface area contributed by atoms with Crippen LogP contribution in [0, 0.1) is 0 Å². The molecule has 3 aromatic carbocycles. The SMILES string of the molecule is Nc1cccc(-c2ccc(-c3cccc(N)c3)c3nsnc23)c1. The van der Waals surface area contributed by atoms with Crippen molar-refractivity contribution in [3.8, 4) is 22.3 Å². The molecule has 4 rings (SSSR count). The molecule has 0 spiro atoms. The van der Waals surface area contributed by atoms with Crippen LogP contribution in [0.1, 0.15) is 0 Å². The molecule has 4 aromatic rings. The average Bonchev–Trinajstić information content (AvgIpc) is 3.03. The van der Waals surface area contributed by atoms with Gasteiger partial charge in [-0.1, -0.05) is 36.4 Å². The molecule has 23 heavy (non-hydrogen) atoms. The van der Waals surface area contributed by atoms with Crippen molar-refractivity contribution in [2.24, 2.45) is 0 Å². The monoisotopic (exact) mass is 318 g/mol. The second-order valence-electron chi connectivity index (χ2n) is 5.37. The van der Waals surface area contributed by atoms with Gasteiger partial charge in [-0.05, 0) is 35.4 Å². The zero-order chi connectivity index (χ0) is 15.8. The number of anilines is 2. The van der Waals surface area contributed by atoms with Gasteiger partial charge in [-0.3, -0.25) is 0 Å². The van der Waals surface area contributed by atoms with Crippen LogP contribution in [0.25, 0.3) is 33.3 Å². The van der Waals surface area contributed by atoms with Crippen molar-refractivity contribution in [3.05, 3.63) is 60.7 Å². The Morgan fingerprint density at radius 1 is 0.652 bits per heavy atom. The molecular formula is C18H14N4S. The van der Waals surface area contributed by atoms with Crippen LogP contribution in [0.5, 0.6) is 0 Å². The van der Waals surface area contributed by atoms with E-state index >= 15 is 0 Å².